The van der Waals surface area contributed by atoms with Crippen molar-refractivity contribution in [1.29, 1.82) is 0 Å². The van der Waals surface area contributed by atoms with Gasteiger partial charge in [-0.15, -0.1) is 0 Å². The zero-order valence-corrected chi connectivity index (χ0v) is 36.5. The van der Waals surface area contributed by atoms with Crippen molar-refractivity contribution in [3.8, 4) is 0 Å². The largest absolute Gasteiger partial charge is 1.00 e. The number of esters is 2. The van der Waals surface area contributed by atoms with Crippen LogP contribution in [0.2, 0.25) is 0 Å². The molecule has 7 nitrogen and oxygen atoms in total. The van der Waals surface area contributed by atoms with E-state index in [2.05, 4.69) is 38.2 Å². The van der Waals surface area contributed by atoms with Crippen LogP contribution in [0.4, 0.5) is 0 Å². The number of rotatable bonds is 33. The van der Waals surface area contributed by atoms with Crippen molar-refractivity contribution < 1.29 is 83.4 Å². The molecule has 9 heteroatoms. The molecule has 0 amide bonds. The smallest absolute Gasteiger partial charge is 0.744 e. The van der Waals surface area contributed by atoms with Crippen LogP contribution in [0.25, 0.3) is 0 Å². The number of carbonyl (C=O) groups excluding carboxylic acids is 2. The molecule has 1 rings (SSSR count). The summed E-state index contributed by atoms with van der Waals surface area (Å²) in [6, 6.07) is 3.61. The Morgan fingerprint density at radius 3 is 1.29 bits per heavy atom. The van der Waals surface area contributed by atoms with E-state index in [1.807, 2.05) is 0 Å². The Kier molecular flexibility index (Phi) is 34.4. The average molecular weight is 757 g/mol. The van der Waals surface area contributed by atoms with Gasteiger partial charge in [-0.3, -0.25) is 0 Å². The van der Waals surface area contributed by atoms with E-state index >= 15 is 0 Å². The van der Waals surface area contributed by atoms with E-state index < -0.39 is 32.5 Å². The van der Waals surface area contributed by atoms with Crippen LogP contribution >= 0.6 is 0 Å². The standard InChI is InChI=1S/C42H70O7S.K/c1-3-5-7-9-11-13-15-17-19-21-23-25-27-29-31-36-48-41(43)38-34-33-35-39(50(45,46)47)40(38)42(44)49-37-32-30-28-26-24-22-20-18-16-14-12-10-8-6-4-2;/h7-10,33-35H,3-6,11-32,36-37H2,1-2H3,(H,45,46,47);/q;+1/p-1/b9-7+,10-8+;. The topological polar surface area (TPSA) is 110 Å². The molecule has 0 fully saturated rings. The van der Waals surface area contributed by atoms with Crippen LogP contribution in [-0.4, -0.2) is 38.1 Å². The zero-order valence-electron chi connectivity index (χ0n) is 32.6. The van der Waals surface area contributed by atoms with Gasteiger partial charge in [0.15, 0.2) is 0 Å². The molecule has 0 unspecified atom stereocenters. The van der Waals surface area contributed by atoms with E-state index in [0.717, 1.165) is 44.6 Å². The van der Waals surface area contributed by atoms with Gasteiger partial charge in [0.25, 0.3) is 0 Å². The van der Waals surface area contributed by atoms with E-state index in [0.29, 0.717) is 12.8 Å². The first-order valence-electron chi connectivity index (χ1n) is 20.1. The summed E-state index contributed by atoms with van der Waals surface area (Å²) in [5.74, 6) is -1.82. The first kappa shape index (κ1) is 50.2. The molecule has 0 atom stereocenters. The van der Waals surface area contributed by atoms with Gasteiger partial charge < -0.3 is 14.0 Å². The second kappa shape index (κ2) is 34.9. The molecule has 0 aliphatic rings. The van der Waals surface area contributed by atoms with Gasteiger partial charge in [0.2, 0.25) is 0 Å². The molecule has 0 heterocycles. The summed E-state index contributed by atoms with van der Waals surface area (Å²) in [7, 11) is -5.01. The van der Waals surface area contributed by atoms with Crippen molar-refractivity contribution in [3.05, 3.63) is 53.6 Å². The number of carbonyl (C=O) groups is 2. The van der Waals surface area contributed by atoms with Crippen LogP contribution in [0.3, 0.4) is 0 Å². The molecule has 1 aromatic carbocycles. The summed E-state index contributed by atoms with van der Waals surface area (Å²) in [4.78, 5) is 25.1. The third-order valence-corrected chi connectivity index (χ3v) is 9.84. The van der Waals surface area contributed by atoms with E-state index in [1.165, 1.54) is 128 Å². The summed E-state index contributed by atoms with van der Waals surface area (Å²) in [6.07, 6.45) is 38.9. The molecule has 0 aromatic heterocycles. The van der Waals surface area contributed by atoms with E-state index in [9.17, 15) is 22.6 Å². The van der Waals surface area contributed by atoms with Crippen molar-refractivity contribution in [2.45, 2.75) is 186 Å². The zero-order chi connectivity index (χ0) is 36.5. The maximum Gasteiger partial charge on any atom is 1.00 e. The average Bonchev–Trinajstić information content (AvgIpc) is 3.10. The number of unbranched alkanes of at least 4 members (excludes halogenated alkanes) is 22. The van der Waals surface area contributed by atoms with Crippen LogP contribution in [0.1, 0.15) is 202 Å². The first-order valence-corrected chi connectivity index (χ1v) is 21.5. The Balaban J connectivity index is 0.0000250. The summed E-state index contributed by atoms with van der Waals surface area (Å²) < 4.78 is 46.6. The van der Waals surface area contributed by atoms with Gasteiger partial charge >= 0.3 is 63.3 Å². The van der Waals surface area contributed by atoms with Crippen LogP contribution in [0.5, 0.6) is 0 Å². The number of hydrogen-bond donors (Lipinski definition) is 0. The van der Waals surface area contributed by atoms with Crippen molar-refractivity contribution in [3.63, 3.8) is 0 Å². The van der Waals surface area contributed by atoms with Crippen molar-refractivity contribution in [2.75, 3.05) is 13.2 Å². The molecule has 51 heavy (non-hydrogen) atoms. The molecule has 286 valence electrons. The maximum atomic E-state index is 13.0. The normalized spacial score (nSPS) is 11.7. The van der Waals surface area contributed by atoms with Gasteiger partial charge in [-0.05, 0) is 63.5 Å². The summed E-state index contributed by atoms with van der Waals surface area (Å²) in [5, 5.41) is 0. The van der Waals surface area contributed by atoms with Crippen LogP contribution in [-0.2, 0) is 19.6 Å². The fourth-order valence-electron chi connectivity index (χ4n) is 5.96. The minimum atomic E-state index is -5.01. The van der Waals surface area contributed by atoms with E-state index in [4.69, 9.17) is 9.47 Å². The molecule has 0 spiro atoms. The first-order chi connectivity index (χ1) is 24.3. The number of ether oxygens (including phenoxy) is 2. The monoisotopic (exact) mass is 756 g/mol. The van der Waals surface area contributed by atoms with Crippen molar-refractivity contribution in [2.24, 2.45) is 0 Å². The Labute approximate surface area is 354 Å². The third kappa shape index (κ3) is 27.4. The number of allylic oxidation sites excluding steroid dienone is 4. The predicted octanol–water partition coefficient (Wildman–Crippen LogP) is 9.20. The van der Waals surface area contributed by atoms with Crippen LogP contribution < -0.4 is 51.4 Å². The minimum Gasteiger partial charge on any atom is -0.744 e. The van der Waals surface area contributed by atoms with Gasteiger partial charge in [-0.2, -0.15) is 0 Å². The van der Waals surface area contributed by atoms with Crippen molar-refractivity contribution in [1.82, 2.24) is 0 Å². The van der Waals surface area contributed by atoms with Crippen molar-refractivity contribution >= 4 is 22.1 Å². The molecular formula is C42H69KO7S. The second-order valence-electron chi connectivity index (χ2n) is 13.6. The fraction of sp³-hybridized carbons (Fsp3) is 0.714. The Morgan fingerprint density at radius 1 is 0.549 bits per heavy atom. The van der Waals surface area contributed by atoms with E-state index in [-0.39, 0.29) is 70.2 Å². The maximum absolute atomic E-state index is 13.0. The van der Waals surface area contributed by atoms with Crippen LogP contribution in [0.15, 0.2) is 47.4 Å². The summed E-state index contributed by atoms with van der Waals surface area (Å²) in [5.41, 5.74) is -0.783. The van der Waals surface area contributed by atoms with Gasteiger partial charge in [0, 0.05) is 0 Å². The molecule has 0 saturated heterocycles. The Morgan fingerprint density at radius 2 is 0.902 bits per heavy atom. The van der Waals surface area contributed by atoms with Gasteiger partial charge in [0.05, 0.1) is 29.2 Å². The molecular weight excluding hydrogens is 688 g/mol. The minimum absolute atomic E-state index is 0. The molecule has 0 N–H and O–H groups in total. The predicted molar refractivity (Wildman–Crippen MR) is 205 cm³/mol. The molecule has 0 aliphatic heterocycles. The summed E-state index contributed by atoms with van der Waals surface area (Å²) in [6.45, 7) is 4.65. The second-order valence-corrected chi connectivity index (χ2v) is 14.9. The molecule has 0 radical (unpaired) electrons. The van der Waals surface area contributed by atoms with Crippen LogP contribution in [0, 0.1) is 0 Å². The molecule has 0 saturated carbocycles. The SMILES string of the molecule is CCC/C=C/CCCCCCCCCCCCOC(=O)c1cccc(S(=O)(=O)[O-])c1C(=O)OCCCCCCCCCCCC/C=C/CCC.[K+]. The summed E-state index contributed by atoms with van der Waals surface area (Å²) >= 11 is 0. The number of hydrogen-bond acceptors (Lipinski definition) is 7. The Bertz CT molecular complexity index is 1180. The number of benzene rings is 1. The molecule has 0 aliphatic carbocycles. The van der Waals surface area contributed by atoms with Gasteiger partial charge in [-0.1, -0.05) is 160 Å². The molecule has 1 aromatic rings. The van der Waals surface area contributed by atoms with E-state index in [1.54, 1.807) is 0 Å². The van der Waals surface area contributed by atoms with Gasteiger partial charge in [0.1, 0.15) is 10.1 Å². The molecule has 0 bridgehead atoms. The quantitative estimate of drug-likeness (QED) is 0.0231. The Hall–Kier alpha value is -0.814. The fourth-order valence-corrected chi connectivity index (χ4v) is 6.65. The van der Waals surface area contributed by atoms with Gasteiger partial charge in [-0.25, -0.2) is 18.0 Å². The third-order valence-electron chi connectivity index (χ3n) is 8.96.